The summed E-state index contributed by atoms with van der Waals surface area (Å²) in [5.74, 6) is 1.59. The van der Waals surface area contributed by atoms with E-state index in [1.165, 1.54) is 42.5 Å². The average molecular weight is 349 g/mol. The number of thiophene rings is 1. The zero-order valence-corrected chi connectivity index (χ0v) is 15.5. The molecule has 0 amide bonds. The van der Waals surface area contributed by atoms with Crippen molar-refractivity contribution in [2.24, 2.45) is 5.92 Å². The first-order chi connectivity index (χ1) is 11.1. The molecular formula is C18H24N2OS2. The van der Waals surface area contributed by atoms with Crippen molar-refractivity contribution in [2.75, 3.05) is 0 Å². The first-order valence-corrected chi connectivity index (χ1v) is 10.6. The van der Waals surface area contributed by atoms with Crippen molar-refractivity contribution in [3.05, 3.63) is 26.6 Å². The van der Waals surface area contributed by atoms with Gasteiger partial charge in [0, 0.05) is 10.1 Å². The predicted molar refractivity (Wildman–Crippen MR) is 99.7 cm³/mol. The van der Waals surface area contributed by atoms with Gasteiger partial charge in [0.1, 0.15) is 10.7 Å². The summed E-state index contributed by atoms with van der Waals surface area (Å²) in [6, 6.07) is 0. The van der Waals surface area contributed by atoms with E-state index in [1.807, 2.05) is 11.8 Å². The second-order valence-electron chi connectivity index (χ2n) is 7.17. The zero-order valence-electron chi connectivity index (χ0n) is 13.9. The molecule has 2 aromatic heterocycles. The Morgan fingerprint density at radius 3 is 2.87 bits per heavy atom. The predicted octanol–water partition coefficient (Wildman–Crippen LogP) is 4.85. The van der Waals surface area contributed by atoms with Crippen LogP contribution in [0.3, 0.4) is 0 Å². The summed E-state index contributed by atoms with van der Waals surface area (Å²) in [4.78, 5) is 23.0. The maximum absolute atomic E-state index is 12.7. The summed E-state index contributed by atoms with van der Waals surface area (Å²) in [7, 11) is 0. The van der Waals surface area contributed by atoms with E-state index in [-0.39, 0.29) is 10.8 Å². The third-order valence-electron chi connectivity index (χ3n) is 5.27. The monoisotopic (exact) mass is 348 g/mol. The topological polar surface area (TPSA) is 45.8 Å². The normalized spacial score (nSPS) is 23.3. The molecule has 0 aromatic carbocycles. The molecule has 0 radical (unpaired) electrons. The highest BCUT2D eigenvalue weighted by molar-refractivity contribution is 8.00. The van der Waals surface area contributed by atoms with Crippen molar-refractivity contribution in [3.8, 4) is 0 Å². The Balaban J connectivity index is 1.68. The molecule has 2 aliphatic carbocycles. The summed E-state index contributed by atoms with van der Waals surface area (Å²) in [6.45, 7) is 4.49. The first kappa shape index (κ1) is 15.7. The molecule has 0 spiro atoms. The molecule has 2 aliphatic rings. The van der Waals surface area contributed by atoms with Gasteiger partial charge in [-0.15, -0.1) is 23.1 Å². The molecule has 0 saturated heterocycles. The van der Waals surface area contributed by atoms with Crippen LogP contribution >= 0.6 is 23.1 Å². The molecule has 23 heavy (non-hydrogen) atoms. The minimum absolute atomic E-state index is 0.0796. The van der Waals surface area contributed by atoms with Gasteiger partial charge in [-0.3, -0.25) is 4.79 Å². The molecule has 0 bridgehead atoms. The van der Waals surface area contributed by atoms with Crippen LogP contribution in [0.25, 0.3) is 10.2 Å². The Labute approximate surface area is 145 Å². The molecule has 2 aromatic rings. The van der Waals surface area contributed by atoms with Gasteiger partial charge in [-0.25, -0.2) is 4.98 Å². The number of H-pyrrole nitrogens is 1. The van der Waals surface area contributed by atoms with Gasteiger partial charge in [-0.1, -0.05) is 19.8 Å². The molecule has 1 fully saturated rings. The number of nitrogens with zero attached hydrogens (tertiary/aromatic N) is 1. The van der Waals surface area contributed by atoms with Crippen molar-refractivity contribution in [3.63, 3.8) is 0 Å². The van der Waals surface area contributed by atoms with Gasteiger partial charge in [0.05, 0.1) is 10.6 Å². The van der Waals surface area contributed by atoms with Crippen LogP contribution in [-0.2, 0) is 12.8 Å². The SMILES string of the molecule is C[C@H]1CCc2c(sc3nc([C@@H](C)SC4CCCC4)[nH]c(=O)c23)C1. The number of rotatable bonds is 3. The average Bonchev–Trinajstić information content (AvgIpc) is 3.13. The quantitative estimate of drug-likeness (QED) is 0.863. The molecule has 0 aliphatic heterocycles. The fourth-order valence-corrected chi connectivity index (χ4v) is 6.75. The summed E-state index contributed by atoms with van der Waals surface area (Å²) < 4.78 is 0. The molecular weight excluding hydrogens is 324 g/mol. The van der Waals surface area contributed by atoms with Crippen LogP contribution in [0.2, 0.25) is 0 Å². The molecule has 1 saturated carbocycles. The van der Waals surface area contributed by atoms with Crippen molar-refractivity contribution < 1.29 is 0 Å². The minimum atomic E-state index is 0.0796. The molecule has 2 heterocycles. The van der Waals surface area contributed by atoms with Crippen LogP contribution in [0.5, 0.6) is 0 Å². The molecule has 1 N–H and O–H groups in total. The van der Waals surface area contributed by atoms with Crippen molar-refractivity contribution >= 4 is 33.3 Å². The van der Waals surface area contributed by atoms with E-state index in [0.717, 1.165) is 40.1 Å². The Hall–Kier alpha value is -0.810. The number of fused-ring (bicyclic) bond motifs is 3. The largest absolute Gasteiger partial charge is 0.309 e. The lowest BCUT2D eigenvalue weighted by atomic mass is 9.89. The van der Waals surface area contributed by atoms with Gasteiger partial charge in [-0.05, 0) is 50.5 Å². The van der Waals surface area contributed by atoms with Crippen LogP contribution < -0.4 is 5.56 Å². The number of aromatic amines is 1. The second kappa shape index (κ2) is 6.25. The summed E-state index contributed by atoms with van der Waals surface area (Å²) in [6.07, 6.45) is 8.66. The number of nitrogens with one attached hydrogen (secondary N) is 1. The van der Waals surface area contributed by atoms with E-state index in [2.05, 4.69) is 18.8 Å². The fourth-order valence-electron chi connectivity index (χ4n) is 3.94. The lowest BCUT2D eigenvalue weighted by Crippen LogP contribution is -2.15. The van der Waals surface area contributed by atoms with Gasteiger partial charge in [0.2, 0.25) is 0 Å². The third kappa shape index (κ3) is 2.98. The molecule has 0 unspecified atom stereocenters. The zero-order chi connectivity index (χ0) is 16.0. The number of hydrogen-bond acceptors (Lipinski definition) is 4. The maximum Gasteiger partial charge on any atom is 0.259 e. The summed E-state index contributed by atoms with van der Waals surface area (Å²) in [5.41, 5.74) is 1.36. The lowest BCUT2D eigenvalue weighted by Gasteiger charge is -2.17. The van der Waals surface area contributed by atoms with E-state index >= 15 is 0 Å². The highest BCUT2D eigenvalue weighted by atomic mass is 32.2. The van der Waals surface area contributed by atoms with Crippen LogP contribution in [0.1, 0.15) is 67.5 Å². The summed E-state index contributed by atoms with van der Waals surface area (Å²) in [5, 5.41) is 1.88. The highest BCUT2D eigenvalue weighted by Crippen LogP contribution is 2.39. The number of hydrogen-bond donors (Lipinski definition) is 1. The van der Waals surface area contributed by atoms with Gasteiger partial charge in [-0.2, -0.15) is 0 Å². The van der Waals surface area contributed by atoms with E-state index in [4.69, 9.17) is 4.98 Å². The van der Waals surface area contributed by atoms with Gasteiger partial charge in [0.25, 0.3) is 5.56 Å². The van der Waals surface area contributed by atoms with Gasteiger partial charge in [0.15, 0.2) is 0 Å². The minimum Gasteiger partial charge on any atom is -0.309 e. The van der Waals surface area contributed by atoms with Crippen LogP contribution in [0.15, 0.2) is 4.79 Å². The number of aromatic nitrogens is 2. The van der Waals surface area contributed by atoms with E-state index in [1.54, 1.807) is 11.3 Å². The first-order valence-electron chi connectivity index (χ1n) is 8.81. The standard InChI is InChI=1S/C18H24N2OS2/c1-10-7-8-13-14(9-10)23-18-15(13)17(21)19-16(20-18)11(2)22-12-5-3-4-6-12/h10-12H,3-9H2,1-2H3,(H,19,20,21)/t10-,11+/m0/s1. The lowest BCUT2D eigenvalue weighted by molar-refractivity contribution is 0.509. The molecule has 4 rings (SSSR count). The Kier molecular flexibility index (Phi) is 4.26. The van der Waals surface area contributed by atoms with Crippen molar-refractivity contribution in [1.82, 2.24) is 9.97 Å². The third-order valence-corrected chi connectivity index (χ3v) is 7.90. The van der Waals surface area contributed by atoms with Crippen LogP contribution in [0, 0.1) is 5.92 Å². The molecule has 5 heteroatoms. The second-order valence-corrected chi connectivity index (χ2v) is 9.90. The van der Waals surface area contributed by atoms with Crippen molar-refractivity contribution in [2.45, 2.75) is 69.3 Å². The number of aryl methyl sites for hydroxylation is 1. The van der Waals surface area contributed by atoms with Gasteiger partial charge < -0.3 is 4.98 Å². The highest BCUT2D eigenvalue weighted by Gasteiger charge is 2.25. The number of thioether (sulfide) groups is 1. The smallest absolute Gasteiger partial charge is 0.259 e. The van der Waals surface area contributed by atoms with E-state index in [9.17, 15) is 4.79 Å². The molecule has 124 valence electrons. The Morgan fingerprint density at radius 1 is 1.30 bits per heavy atom. The molecule has 2 atom stereocenters. The summed E-state index contributed by atoms with van der Waals surface area (Å²) >= 11 is 3.74. The molecule has 3 nitrogen and oxygen atoms in total. The fraction of sp³-hybridized carbons (Fsp3) is 0.667. The van der Waals surface area contributed by atoms with Crippen LogP contribution in [0.4, 0.5) is 0 Å². The van der Waals surface area contributed by atoms with Gasteiger partial charge >= 0.3 is 0 Å². The van der Waals surface area contributed by atoms with Crippen LogP contribution in [-0.4, -0.2) is 15.2 Å². The Morgan fingerprint density at radius 2 is 2.09 bits per heavy atom. The van der Waals surface area contributed by atoms with E-state index in [0.29, 0.717) is 0 Å². The van der Waals surface area contributed by atoms with Crippen molar-refractivity contribution in [1.29, 1.82) is 0 Å². The Bertz CT molecular complexity index is 773. The van der Waals surface area contributed by atoms with E-state index < -0.39 is 0 Å². The maximum atomic E-state index is 12.7.